The first-order valence-corrected chi connectivity index (χ1v) is 6.24. The third-order valence-corrected chi connectivity index (χ3v) is 3.65. The topological polar surface area (TPSA) is 47.6 Å². The lowest BCUT2D eigenvalue weighted by molar-refractivity contribution is 1.30. The molecule has 0 N–H and O–H groups in total. The molecule has 0 aliphatic rings. The van der Waals surface area contributed by atoms with E-state index in [1.165, 1.54) is 17.3 Å². The molecule has 0 fully saturated rings. The third kappa shape index (κ3) is 2.53. The Labute approximate surface area is 110 Å². The number of nitrogens with zero attached hydrogens (tertiary/aromatic N) is 2. The summed E-state index contributed by atoms with van der Waals surface area (Å²) in [5, 5.41) is 18.2. The van der Waals surface area contributed by atoms with E-state index >= 15 is 0 Å². The Kier molecular flexibility index (Phi) is 3.67. The molecule has 18 heavy (non-hydrogen) atoms. The van der Waals surface area contributed by atoms with Crippen molar-refractivity contribution in [2.75, 3.05) is 0 Å². The zero-order valence-electron chi connectivity index (χ0n) is 9.84. The van der Waals surface area contributed by atoms with Gasteiger partial charge in [0.05, 0.1) is 11.1 Å². The molecule has 2 rings (SSSR count). The van der Waals surface area contributed by atoms with Crippen molar-refractivity contribution in [3.8, 4) is 12.1 Å². The van der Waals surface area contributed by atoms with Crippen molar-refractivity contribution in [3.63, 3.8) is 0 Å². The van der Waals surface area contributed by atoms with Crippen LogP contribution in [0.25, 0.3) is 0 Å². The van der Waals surface area contributed by atoms with Crippen molar-refractivity contribution >= 4 is 11.8 Å². The first-order valence-electron chi connectivity index (χ1n) is 5.42. The van der Waals surface area contributed by atoms with Crippen LogP contribution in [0.5, 0.6) is 0 Å². The zero-order valence-corrected chi connectivity index (χ0v) is 10.7. The van der Waals surface area contributed by atoms with E-state index in [0.29, 0.717) is 11.1 Å². The van der Waals surface area contributed by atoms with E-state index in [4.69, 9.17) is 10.5 Å². The predicted molar refractivity (Wildman–Crippen MR) is 71.2 cm³/mol. The Balaban J connectivity index is 2.43. The van der Waals surface area contributed by atoms with E-state index in [1.807, 2.05) is 31.2 Å². The van der Waals surface area contributed by atoms with Gasteiger partial charge < -0.3 is 0 Å². The van der Waals surface area contributed by atoms with Gasteiger partial charge in [0, 0.05) is 9.79 Å². The lowest BCUT2D eigenvalue weighted by atomic mass is 10.1. The van der Waals surface area contributed by atoms with Gasteiger partial charge in [-0.1, -0.05) is 35.5 Å². The van der Waals surface area contributed by atoms with Gasteiger partial charge in [-0.15, -0.1) is 0 Å². The van der Waals surface area contributed by atoms with Crippen molar-refractivity contribution < 1.29 is 0 Å². The molecule has 2 aromatic rings. The Bertz CT molecular complexity index is 613. The molecule has 3 heteroatoms. The molecule has 86 valence electrons. The van der Waals surface area contributed by atoms with Gasteiger partial charge in [0.1, 0.15) is 12.1 Å². The van der Waals surface area contributed by atoms with Crippen LogP contribution in [0.15, 0.2) is 52.3 Å². The summed E-state index contributed by atoms with van der Waals surface area (Å²) < 4.78 is 0. The smallest absolute Gasteiger partial charge is 0.100 e. The fourth-order valence-corrected chi connectivity index (χ4v) is 2.50. The number of aryl methyl sites for hydroxylation is 1. The van der Waals surface area contributed by atoms with E-state index in [2.05, 4.69) is 12.1 Å². The second-order valence-corrected chi connectivity index (χ2v) is 4.90. The van der Waals surface area contributed by atoms with E-state index in [1.54, 1.807) is 18.2 Å². The van der Waals surface area contributed by atoms with Crippen LogP contribution in [0, 0.1) is 29.6 Å². The van der Waals surface area contributed by atoms with Crippen LogP contribution in [0.1, 0.15) is 16.7 Å². The van der Waals surface area contributed by atoms with Crippen molar-refractivity contribution in [2.24, 2.45) is 0 Å². The zero-order chi connectivity index (χ0) is 13.0. The van der Waals surface area contributed by atoms with Crippen LogP contribution in [0.2, 0.25) is 0 Å². The van der Waals surface area contributed by atoms with Crippen LogP contribution in [-0.2, 0) is 0 Å². The molecular weight excluding hydrogens is 240 g/mol. The number of benzene rings is 2. The minimum Gasteiger partial charge on any atom is -0.192 e. The number of nitriles is 2. The lowest BCUT2D eigenvalue weighted by Gasteiger charge is -2.06. The Morgan fingerprint density at radius 1 is 0.889 bits per heavy atom. The molecule has 0 spiro atoms. The first-order chi connectivity index (χ1) is 8.74. The van der Waals surface area contributed by atoms with Gasteiger partial charge in [-0.3, -0.25) is 0 Å². The number of rotatable bonds is 2. The highest BCUT2D eigenvalue weighted by molar-refractivity contribution is 7.99. The van der Waals surface area contributed by atoms with Gasteiger partial charge in [-0.2, -0.15) is 10.5 Å². The average Bonchev–Trinajstić information content (AvgIpc) is 2.41. The van der Waals surface area contributed by atoms with Crippen molar-refractivity contribution in [1.29, 1.82) is 10.5 Å². The molecule has 0 aliphatic heterocycles. The Morgan fingerprint density at radius 3 is 1.94 bits per heavy atom. The lowest BCUT2D eigenvalue weighted by Crippen LogP contribution is -1.87. The minimum absolute atomic E-state index is 0.541. The van der Waals surface area contributed by atoms with Crippen molar-refractivity contribution in [3.05, 3.63) is 59.2 Å². The molecule has 0 bridgehead atoms. The summed E-state index contributed by atoms with van der Waals surface area (Å²) in [4.78, 5) is 1.76. The molecule has 0 saturated heterocycles. The van der Waals surface area contributed by atoms with Crippen molar-refractivity contribution in [2.45, 2.75) is 16.7 Å². The number of hydrogen-bond acceptors (Lipinski definition) is 3. The van der Waals surface area contributed by atoms with Crippen molar-refractivity contribution in [1.82, 2.24) is 0 Å². The maximum absolute atomic E-state index is 9.09. The SMILES string of the molecule is Cc1ccc(Sc2c(C#N)cccc2C#N)cc1. The summed E-state index contributed by atoms with van der Waals surface area (Å²) in [6.45, 7) is 2.03. The molecule has 0 amide bonds. The maximum atomic E-state index is 9.09. The monoisotopic (exact) mass is 250 g/mol. The molecule has 2 nitrogen and oxygen atoms in total. The Morgan fingerprint density at radius 2 is 1.44 bits per heavy atom. The summed E-state index contributed by atoms with van der Waals surface area (Å²) >= 11 is 1.45. The van der Waals surface area contributed by atoms with Crippen LogP contribution in [-0.4, -0.2) is 0 Å². The number of hydrogen-bond donors (Lipinski definition) is 0. The standard InChI is InChI=1S/C15H10N2S/c1-11-5-7-14(8-6-11)18-15-12(9-16)3-2-4-13(15)10-17/h2-8H,1H3. The second kappa shape index (κ2) is 5.40. The molecule has 0 aliphatic carbocycles. The van der Waals surface area contributed by atoms with Gasteiger partial charge >= 0.3 is 0 Å². The van der Waals surface area contributed by atoms with E-state index < -0.39 is 0 Å². The summed E-state index contributed by atoms with van der Waals surface area (Å²) in [6.07, 6.45) is 0. The van der Waals surface area contributed by atoms with Crippen LogP contribution >= 0.6 is 11.8 Å². The largest absolute Gasteiger partial charge is 0.192 e. The second-order valence-electron chi connectivity index (χ2n) is 3.82. The van der Waals surface area contributed by atoms with E-state index in [0.717, 1.165) is 9.79 Å². The van der Waals surface area contributed by atoms with Gasteiger partial charge in [-0.25, -0.2) is 0 Å². The quantitative estimate of drug-likeness (QED) is 0.812. The van der Waals surface area contributed by atoms with Gasteiger partial charge in [0.2, 0.25) is 0 Å². The first kappa shape index (κ1) is 12.2. The molecule has 0 radical (unpaired) electrons. The van der Waals surface area contributed by atoms with Crippen LogP contribution < -0.4 is 0 Å². The van der Waals surface area contributed by atoms with Gasteiger partial charge in [0.15, 0.2) is 0 Å². The van der Waals surface area contributed by atoms with E-state index in [-0.39, 0.29) is 0 Å². The summed E-state index contributed by atoms with van der Waals surface area (Å²) in [7, 11) is 0. The maximum Gasteiger partial charge on any atom is 0.100 e. The fourth-order valence-electron chi connectivity index (χ4n) is 1.55. The molecule has 0 saturated carbocycles. The highest BCUT2D eigenvalue weighted by Gasteiger charge is 2.09. The fraction of sp³-hybridized carbons (Fsp3) is 0.0667. The molecule has 2 aromatic carbocycles. The summed E-state index contributed by atoms with van der Waals surface area (Å²) in [5.41, 5.74) is 2.27. The normalized spacial score (nSPS) is 9.50. The van der Waals surface area contributed by atoms with Crippen LogP contribution in [0.3, 0.4) is 0 Å². The summed E-state index contributed by atoms with van der Waals surface area (Å²) in [6, 6.07) is 17.5. The molecule has 0 heterocycles. The Hall–Kier alpha value is -2.23. The molecule has 0 unspecified atom stereocenters. The van der Waals surface area contributed by atoms with Gasteiger partial charge in [0.25, 0.3) is 0 Å². The summed E-state index contributed by atoms with van der Waals surface area (Å²) in [5.74, 6) is 0. The van der Waals surface area contributed by atoms with Gasteiger partial charge in [-0.05, 0) is 31.2 Å². The average molecular weight is 250 g/mol. The highest BCUT2D eigenvalue weighted by atomic mass is 32.2. The molecule has 0 aromatic heterocycles. The molecule has 0 atom stereocenters. The highest BCUT2D eigenvalue weighted by Crippen LogP contribution is 2.32. The predicted octanol–water partition coefficient (Wildman–Crippen LogP) is 3.89. The van der Waals surface area contributed by atoms with E-state index in [9.17, 15) is 0 Å². The van der Waals surface area contributed by atoms with Crippen LogP contribution in [0.4, 0.5) is 0 Å². The minimum atomic E-state index is 0.541. The third-order valence-electron chi connectivity index (χ3n) is 2.50. The molecular formula is C15H10N2S.